The summed E-state index contributed by atoms with van der Waals surface area (Å²) in [7, 11) is -0.0799. The Hall–Kier alpha value is -0.510. The molecule has 2 rings (SSSR count). The van der Waals surface area contributed by atoms with Gasteiger partial charge in [0.15, 0.2) is 0 Å². The van der Waals surface area contributed by atoms with Gasteiger partial charge in [0.2, 0.25) is 10.0 Å². The van der Waals surface area contributed by atoms with Gasteiger partial charge in [-0.1, -0.05) is 0 Å². The van der Waals surface area contributed by atoms with E-state index in [0.717, 1.165) is 5.56 Å². The van der Waals surface area contributed by atoms with Crippen LogP contribution in [0.1, 0.15) is 12.0 Å². The minimum absolute atomic E-state index is 0.227. The normalized spacial score (nSPS) is 23.3. The molecule has 1 aliphatic heterocycles. The molecule has 0 bridgehead atoms. The maximum Gasteiger partial charge on any atom is 0.250 e. The highest BCUT2D eigenvalue weighted by molar-refractivity contribution is 7.91. The van der Waals surface area contributed by atoms with E-state index < -0.39 is 15.6 Å². The Morgan fingerprint density at radius 1 is 1.55 bits per heavy atom. The zero-order valence-electron chi connectivity index (χ0n) is 11.6. The van der Waals surface area contributed by atoms with Crippen LogP contribution >= 0.6 is 11.3 Å². The van der Waals surface area contributed by atoms with Crippen molar-refractivity contribution in [1.82, 2.24) is 10.0 Å². The van der Waals surface area contributed by atoms with Gasteiger partial charge in [0.1, 0.15) is 9.81 Å². The summed E-state index contributed by atoms with van der Waals surface area (Å²) in [4.78, 5) is 0. The molecule has 0 saturated carbocycles. The van der Waals surface area contributed by atoms with Crippen LogP contribution in [0.3, 0.4) is 0 Å². The van der Waals surface area contributed by atoms with Crippen molar-refractivity contribution in [2.45, 2.75) is 22.8 Å². The van der Waals surface area contributed by atoms with Crippen LogP contribution in [0.5, 0.6) is 0 Å². The number of thiophene rings is 1. The first-order valence-electron chi connectivity index (χ1n) is 6.36. The molecular weight excluding hydrogens is 300 g/mol. The van der Waals surface area contributed by atoms with Gasteiger partial charge < -0.3 is 14.8 Å². The molecule has 6 nitrogen and oxygen atoms in total. The van der Waals surface area contributed by atoms with E-state index in [2.05, 4.69) is 10.0 Å². The third kappa shape index (κ3) is 3.57. The Bertz CT molecular complexity index is 535. The zero-order valence-corrected chi connectivity index (χ0v) is 13.3. The van der Waals surface area contributed by atoms with Crippen LogP contribution in [0.4, 0.5) is 0 Å². The van der Waals surface area contributed by atoms with Gasteiger partial charge in [-0.2, -0.15) is 0 Å². The molecule has 0 radical (unpaired) electrons. The molecule has 1 aromatic heterocycles. The van der Waals surface area contributed by atoms with E-state index in [9.17, 15) is 8.42 Å². The summed E-state index contributed by atoms with van der Waals surface area (Å²) in [5.74, 6) is 0. The summed E-state index contributed by atoms with van der Waals surface area (Å²) in [5, 5.41) is 4.84. The van der Waals surface area contributed by atoms with Gasteiger partial charge in [-0.05, 0) is 24.1 Å². The van der Waals surface area contributed by atoms with Crippen molar-refractivity contribution < 1.29 is 17.9 Å². The summed E-state index contributed by atoms with van der Waals surface area (Å²) in [5.41, 5.74) is 0.418. The molecule has 1 saturated heterocycles. The molecule has 2 heterocycles. The molecule has 8 heteroatoms. The second kappa shape index (κ2) is 6.50. The fraction of sp³-hybridized carbons (Fsp3) is 0.667. The number of ether oxygens (including phenoxy) is 2. The van der Waals surface area contributed by atoms with Crippen molar-refractivity contribution in [1.29, 1.82) is 0 Å². The van der Waals surface area contributed by atoms with Crippen LogP contribution in [-0.2, 0) is 26.0 Å². The first kappa shape index (κ1) is 15.9. The molecule has 0 amide bonds. The van der Waals surface area contributed by atoms with Crippen LogP contribution in [0.25, 0.3) is 0 Å². The molecule has 0 aliphatic carbocycles. The number of sulfonamides is 1. The number of nitrogens with one attached hydrogen (secondary N) is 2. The third-order valence-electron chi connectivity index (χ3n) is 3.36. The lowest BCUT2D eigenvalue weighted by atomic mass is 10.0. The molecule has 2 N–H and O–H groups in total. The number of methoxy groups -OCH3 is 1. The largest absolute Gasteiger partial charge is 0.378 e. The van der Waals surface area contributed by atoms with Crippen LogP contribution in [0.15, 0.2) is 15.7 Å². The fourth-order valence-electron chi connectivity index (χ4n) is 2.05. The monoisotopic (exact) mass is 320 g/mol. The van der Waals surface area contributed by atoms with Crippen molar-refractivity contribution in [3.05, 3.63) is 17.0 Å². The summed E-state index contributed by atoms with van der Waals surface area (Å²) in [6.45, 7) is 1.90. The fourth-order valence-corrected chi connectivity index (χ4v) is 4.42. The maximum atomic E-state index is 12.2. The summed E-state index contributed by atoms with van der Waals surface area (Å²) in [6.07, 6.45) is 0.696. The zero-order chi connectivity index (χ0) is 14.6. The van der Waals surface area contributed by atoms with Gasteiger partial charge in [0, 0.05) is 33.2 Å². The van der Waals surface area contributed by atoms with Crippen molar-refractivity contribution in [2.75, 3.05) is 33.9 Å². The van der Waals surface area contributed by atoms with E-state index in [-0.39, 0.29) is 6.54 Å². The standard InChI is InChI=1S/C12H20N2O4S2/c1-13-6-10-5-11(19-7-10)20(15,16)14-8-12(17-2)3-4-18-9-12/h5,7,13-14H,3-4,6,8-9H2,1-2H3. The van der Waals surface area contributed by atoms with E-state index in [4.69, 9.17) is 9.47 Å². The molecular formula is C12H20N2O4S2. The maximum absolute atomic E-state index is 12.2. The molecule has 1 aromatic rings. The first-order chi connectivity index (χ1) is 9.51. The van der Waals surface area contributed by atoms with Gasteiger partial charge >= 0.3 is 0 Å². The van der Waals surface area contributed by atoms with Crippen LogP contribution < -0.4 is 10.0 Å². The van der Waals surface area contributed by atoms with Gasteiger partial charge in [-0.25, -0.2) is 13.1 Å². The number of hydrogen-bond donors (Lipinski definition) is 2. The smallest absolute Gasteiger partial charge is 0.250 e. The second-order valence-corrected chi connectivity index (χ2v) is 7.72. The molecule has 1 unspecified atom stereocenters. The Balaban J connectivity index is 2.03. The number of hydrogen-bond acceptors (Lipinski definition) is 6. The van der Waals surface area contributed by atoms with Crippen LogP contribution in [0.2, 0.25) is 0 Å². The van der Waals surface area contributed by atoms with E-state index in [1.54, 1.807) is 13.2 Å². The highest BCUT2D eigenvalue weighted by Gasteiger charge is 2.36. The van der Waals surface area contributed by atoms with Crippen molar-refractivity contribution in [3.8, 4) is 0 Å². The minimum Gasteiger partial charge on any atom is -0.378 e. The average molecular weight is 320 g/mol. The average Bonchev–Trinajstić information content (AvgIpc) is 3.07. The van der Waals surface area contributed by atoms with Gasteiger partial charge in [-0.3, -0.25) is 0 Å². The number of rotatable bonds is 7. The van der Waals surface area contributed by atoms with Crippen molar-refractivity contribution >= 4 is 21.4 Å². The molecule has 0 aromatic carbocycles. The predicted octanol–water partition coefficient (Wildman–Crippen LogP) is 0.551. The highest BCUT2D eigenvalue weighted by Crippen LogP contribution is 2.24. The molecule has 0 spiro atoms. The van der Waals surface area contributed by atoms with Crippen molar-refractivity contribution in [2.24, 2.45) is 0 Å². The van der Waals surface area contributed by atoms with Gasteiger partial charge in [0.25, 0.3) is 0 Å². The topological polar surface area (TPSA) is 76.7 Å². The molecule has 114 valence electrons. The molecule has 20 heavy (non-hydrogen) atoms. The van der Waals surface area contributed by atoms with Crippen molar-refractivity contribution in [3.63, 3.8) is 0 Å². The lowest BCUT2D eigenvalue weighted by Crippen LogP contribution is -2.44. The Labute approximate surface area is 123 Å². The van der Waals surface area contributed by atoms with E-state index in [0.29, 0.717) is 30.4 Å². The van der Waals surface area contributed by atoms with Gasteiger partial charge in [0.05, 0.1) is 6.61 Å². The molecule has 1 atom stereocenters. The Morgan fingerprint density at radius 2 is 2.35 bits per heavy atom. The van der Waals surface area contributed by atoms with Gasteiger partial charge in [-0.15, -0.1) is 11.3 Å². The summed E-state index contributed by atoms with van der Waals surface area (Å²) >= 11 is 1.22. The van der Waals surface area contributed by atoms with E-state index in [1.165, 1.54) is 11.3 Å². The quantitative estimate of drug-likeness (QED) is 0.767. The molecule has 1 fully saturated rings. The Morgan fingerprint density at radius 3 is 2.95 bits per heavy atom. The van der Waals surface area contributed by atoms with E-state index >= 15 is 0 Å². The Kier molecular flexibility index (Phi) is 5.16. The molecule has 1 aliphatic rings. The third-order valence-corrected chi connectivity index (χ3v) is 6.25. The van der Waals surface area contributed by atoms with Crippen LogP contribution in [-0.4, -0.2) is 47.9 Å². The lowest BCUT2D eigenvalue weighted by molar-refractivity contribution is -0.0120. The van der Waals surface area contributed by atoms with Crippen LogP contribution in [0, 0.1) is 0 Å². The lowest BCUT2D eigenvalue weighted by Gasteiger charge is -2.25. The summed E-state index contributed by atoms with van der Waals surface area (Å²) in [6, 6.07) is 1.69. The minimum atomic E-state index is -3.49. The predicted molar refractivity (Wildman–Crippen MR) is 77.4 cm³/mol. The second-order valence-electron chi connectivity index (χ2n) is 4.82. The SMILES string of the molecule is CNCc1csc(S(=O)(=O)NCC2(OC)CCOC2)c1. The first-order valence-corrected chi connectivity index (χ1v) is 8.72. The van der Waals surface area contributed by atoms with E-state index in [1.807, 2.05) is 12.4 Å². The highest BCUT2D eigenvalue weighted by atomic mass is 32.2. The summed E-state index contributed by atoms with van der Waals surface area (Å²) < 4.78 is 38.2.